The molecular weight excluding hydrogens is 414 g/mol. The lowest BCUT2D eigenvalue weighted by atomic mass is 9.87. The van der Waals surface area contributed by atoms with Crippen LogP contribution in [0.2, 0.25) is 0 Å². The lowest BCUT2D eigenvalue weighted by molar-refractivity contribution is -0.117. The Balaban J connectivity index is 0.00000341. The van der Waals surface area contributed by atoms with Gasteiger partial charge in [0, 0.05) is 37.5 Å². The molecule has 0 spiro atoms. The van der Waals surface area contributed by atoms with Gasteiger partial charge in [0.2, 0.25) is 5.91 Å². The van der Waals surface area contributed by atoms with Gasteiger partial charge in [-0.2, -0.15) is 0 Å². The van der Waals surface area contributed by atoms with Gasteiger partial charge in [-0.1, -0.05) is 13.0 Å². The minimum absolute atomic E-state index is 0. The highest BCUT2D eigenvalue weighted by Crippen LogP contribution is 2.29. The number of rotatable bonds is 9. The number of carbonyl (C=O) groups excluding carboxylic acids is 1. The molecule has 1 aromatic carbocycles. The highest BCUT2D eigenvalue weighted by molar-refractivity contribution is 5.92. The van der Waals surface area contributed by atoms with Crippen molar-refractivity contribution in [1.29, 1.82) is 0 Å². The summed E-state index contributed by atoms with van der Waals surface area (Å²) in [5.41, 5.74) is 0.896. The number of nitrogens with one attached hydrogen (secondary N) is 1. The van der Waals surface area contributed by atoms with Crippen LogP contribution in [-0.2, 0) is 17.8 Å². The average molecular weight is 448 g/mol. The summed E-state index contributed by atoms with van der Waals surface area (Å²) in [6.45, 7) is 5.79. The molecule has 0 radical (unpaired) electrons. The summed E-state index contributed by atoms with van der Waals surface area (Å²) in [5.74, 6) is 3.08. The van der Waals surface area contributed by atoms with Gasteiger partial charge in [0.05, 0.1) is 13.7 Å². The second kappa shape index (κ2) is 12.4. The molecular formula is C24H34ClN3O3. The Kier molecular flexibility index (Phi) is 9.92. The molecule has 0 saturated heterocycles. The predicted molar refractivity (Wildman–Crippen MR) is 126 cm³/mol. The number of amides is 1. The maximum atomic E-state index is 12.2. The van der Waals surface area contributed by atoms with E-state index in [9.17, 15) is 4.79 Å². The van der Waals surface area contributed by atoms with Gasteiger partial charge < -0.3 is 19.4 Å². The summed E-state index contributed by atoms with van der Waals surface area (Å²) in [6, 6.07) is 5.99. The van der Waals surface area contributed by atoms with E-state index in [4.69, 9.17) is 9.47 Å². The van der Waals surface area contributed by atoms with E-state index < -0.39 is 0 Å². The van der Waals surface area contributed by atoms with Gasteiger partial charge in [0.25, 0.3) is 0 Å². The highest BCUT2D eigenvalue weighted by Gasteiger charge is 2.18. The molecule has 3 rings (SSSR count). The summed E-state index contributed by atoms with van der Waals surface area (Å²) >= 11 is 0. The maximum Gasteiger partial charge on any atom is 0.244 e. The molecule has 1 saturated carbocycles. The molecule has 1 aliphatic rings. The number of carbonyl (C=O) groups is 1. The Morgan fingerprint density at radius 2 is 2.03 bits per heavy atom. The number of aromatic nitrogens is 2. The smallest absolute Gasteiger partial charge is 0.244 e. The van der Waals surface area contributed by atoms with E-state index in [2.05, 4.69) is 28.7 Å². The number of benzene rings is 1. The Hall–Kier alpha value is -2.47. The Labute approximate surface area is 191 Å². The van der Waals surface area contributed by atoms with E-state index in [-0.39, 0.29) is 18.3 Å². The number of nitrogens with zero attached hydrogens (tertiary/aromatic N) is 2. The van der Waals surface area contributed by atoms with Crippen molar-refractivity contribution in [2.75, 3.05) is 13.7 Å². The first-order valence-corrected chi connectivity index (χ1v) is 10.9. The van der Waals surface area contributed by atoms with Crippen LogP contribution in [0.3, 0.4) is 0 Å². The second-order valence-corrected chi connectivity index (χ2v) is 7.94. The molecule has 0 bridgehead atoms. The molecule has 1 aromatic heterocycles. The minimum Gasteiger partial charge on any atom is -0.493 e. The van der Waals surface area contributed by atoms with Crippen LogP contribution < -0.4 is 14.8 Å². The van der Waals surface area contributed by atoms with E-state index in [0.29, 0.717) is 24.1 Å². The maximum absolute atomic E-state index is 12.2. The SMILES string of the molecule is CCn1ccnc1CCOc1ccc(C=CC(=O)NC2CCC(C)CC2)cc1OC.Cl. The summed E-state index contributed by atoms with van der Waals surface area (Å²) < 4.78 is 13.5. The van der Waals surface area contributed by atoms with Crippen LogP contribution in [0.1, 0.15) is 50.9 Å². The van der Waals surface area contributed by atoms with Gasteiger partial charge in [-0.3, -0.25) is 4.79 Å². The normalized spacial score (nSPS) is 18.4. The number of methoxy groups -OCH3 is 1. The quantitative estimate of drug-likeness (QED) is 0.567. The van der Waals surface area contributed by atoms with Crippen molar-refractivity contribution < 1.29 is 14.3 Å². The third-order valence-electron chi connectivity index (χ3n) is 5.70. The fourth-order valence-corrected chi connectivity index (χ4v) is 3.84. The van der Waals surface area contributed by atoms with Crippen LogP contribution >= 0.6 is 12.4 Å². The largest absolute Gasteiger partial charge is 0.493 e. The lowest BCUT2D eigenvalue weighted by Gasteiger charge is -2.26. The van der Waals surface area contributed by atoms with E-state index in [1.807, 2.05) is 36.7 Å². The number of hydrogen-bond donors (Lipinski definition) is 1. The summed E-state index contributed by atoms with van der Waals surface area (Å²) in [6.07, 6.45) is 12.4. The van der Waals surface area contributed by atoms with Crippen molar-refractivity contribution in [2.24, 2.45) is 5.92 Å². The fraction of sp³-hybridized carbons (Fsp3) is 0.500. The van der Waals surface area contributed by atoms with Crippen molar-refractivity contribution in [3.05, 3.63) is 48.1 Å². The van der Waals surface area contributed by atoms with Crippen LogP contribution in [0.15, 0.2) is 36.7 Å². The van der Waals surface area contributed by atoms with E-state index in [0.717, 1.165) is 43.1 Å². The zero-order chi connectivity index (χ0) is 21.3. The molecule has 1 heterocycles. The molecule has 7 heteroatoms. The first-order chi connectivity index (χ1) is 14.6. The van der Waals surface area contributed by atoms with Crippen molar-refractivity contribution in [1.82, 2.24) is 14.9 Å². The van der Waals surface area contributed by atoms with Gasteiger partial charge in [-0.25, -0.2) is 4.98 Å². The number of hydrogen-bond acceptors (Lipinski definition) is 4. The number of halogens is 1. The third kappa shape index (κ3) is 7.31. The van der Waals surface area contributed by atoms with Gasteiger partial charge in [0.1, 0.15) is 5.82 Å². The van der Waals surface area contributed by atoms with Gasteiger partial charge in [0.15, 0.2) is 11.5 Å². The molecule has 2 aromatic rings. The van der Waals surface area contributed by atoms with E-state index >= 15 is 0 Å². The standard InChI is InChI=1S/C24H33N3O3.ClH/c1-4-27-15-14-25-23(27)13-16-30-21-11-7-19(17-22(21)29-3)8-12-24(28)26-20-9-5-18(2)6-10-20;/h7-8,11-12,14-15,17-18,20H,4-6,9-10,13,16H2,1-3H3,(H,26,28);1H. The third-order valence-corrected chi connectivity index (χ3v) is 5.70. The first-order valence-electron chi connectivity index (χ1n) is 10.9. The number of imidazole rings is 1. The van der Waals surface area contributed by atoms with Crippen molar-refractivity contribution in [3.8, 4) is 11.5 Å². The molecule has 1 N–H and O–H groups in total. The highest BCUT2D eigenvalue weighted by atomic mass is 35.5. The monoisotopic (exact) mass is 447 g/mol. The first kappa shape index (κ1) is 24.8. The summed E-state index contributed by atoms with van der Waals surface area (Å²) in [5, 5.41) is 3.11. The molecule has 31 heavy (non-hydrogen) atoms. The summed E-state index contributed by atoms with van der Waals surface area (Å²) in [4.78, 5) is 16.6. The molecule has 1 fully saturated rings. The van der Waals surface area contributed by atoms with Crippen LogP contribution in [0.4, 0.5) is 0 Å². The topological polar surface area (TPSA) is 65.4 Å². The van der Waals surface area contributed by atoms with Crippen LogP contribution in [0, 0.1) is 5.92 Å². The lowest BCUT2D eigenvalue weighted by Crippen LogP contribution is -2.36. The molecule has 0 aliphatic heterocycles. The van der Waals surface area contributed by atoms with Gasteiger partial charge in [-0.15, -0.1) is 12.4 Å². The second-order valence-electron chi connectivity index (χ2n) is 7.94. The zero-order valence-electron chi connectivity index (χ0n) is 18.7. The minimum atomic E-state index is -0.0414. The number of aryl methyl sites for hydroxylation is 1. The Morgan fingerprint density at radius 1 is 1.26 bits per heavy atom. The van der Waals surface area contributed by atoms with Crippen molar-refractivity contribution in [3.63, 3.8) is 0 Å². The van der Waals surface area contributed by atoms with Crippen LogP contribution in [0.5, 0.6) is 11.5 Å². The predicted octanol–water partition coefficient (Wildman–Crippen LogP) is 4.66. The fourth-order valence-electron chi connectivity index (χ4n) is 3.84. The summed E-state index contributed by atoms with van der Waals surface area (Å²) in [7, 11) is 1.62. The molecule has 0 atom stereocenters. The number of ether oxygens (including phenoxy) is 2. The molecule has 1 aliphatic carbocycles. The molecule has 6 nitrogen and oxygen atoms in total. The van der Waals surface area contributed by atoms with E-state index in [1.54, 1.807) is 13.2 Å². The van der Waals surface area contributed by atoms with Crippen LogP contribution in [-0.4, -0.2) is 35.2 Å². The van der Waals surface area contributed by atoms with E-state index in [1.165, 1.54) is 12.8 Å². The Bertz CT molecular complexity index is 858. The van der Waals surface area contributed by atoms with Crippen LogP contribution in [0.25, 0.3) is 6.08 Å². The average Bonchev–Trinajstić information content (AvgIpc) is 3.22. The van der Waals surface area contributed by atoms with Gasteiger partial charge in [-0.05, 0) is 62.3 Å². The molecule has 170 valence electrons. The van der Waals surface area contributed by atoms with Gasteiger partial charge >= 0.3 is 0 Å². The Morgan fingerprint density at radius 3 is 2.74 bits per heavy atom. The van der Waals surface area contributed by atoms with Crippen molar-refractivity contribution in [2.45, 2.75) is 58.5 Å². The molecule has 1 amide bonds. The van der Waals surface area contributed by atoms with Crippen molar-refractivity contribution >= 4 is 24.4 Å². The zero-order valence-corrected chi connectivity index (χ0v) is 19.5. The molecule has 0 unspecified atom stereocenters.